The second-order valence-corrected chi connectivity index (χ2v) is 13.7. The van der Waals surface area contributed by atoms with Crippen molar-refractivity contribution in [3.05, 3.63) is 46.4 Å². The van der Waals surface area contributed by atoms with E-state index in [4.69, 9.17) is 23.2 Å². The molecule has 0 spiro atoms. The summed E-state index contributed by atoms with van der Waals surface area (Å²) >= 11 is 13.9. The van der Waals surface area contributed by atoms with Crippen molar-refractivity contribution in [2.75, 3.05) is 11.5 Å². The molecule has 0 saturated heterocycles. The lowest BCUT2D eigenvalue weighted by molar-refractivity contribution is 0.589. The fourth-order valence-electron chi connectivity index (χ4n) is 2.63. The van der Waals surface area contributed by atoms with Crippen LogP contribution in [0.4, 0.5) is 0 Å². The Morgan fingerprint density at radius 2 is 1.14 bits per heavy atom. The Hall–Kier alpha value is -1.30. The molecule has 0 aliphatic heterocycles. The topological polar surface area (TPSA) is 94.1 Å². The summed E-state index contributed by atoms with van der Waals surface area (Å²) in [5.74, 6) is -0.646. The summed E-state index contributed by atoms with van der Waals surface area (Å²) < 4.78 is 51.6. The van der Waals surface area contributed by atoms with Crippen LogP contribution < -0.4 is 0 Å². The molecule has 0 aliphatic carbocycles. The Morgan fingerprint density at radius 1 is 0.724 bits per heavy atom. The molecule has 2 aromatic heterocycles. The Bertz CT molecular complexity index is 1330. The van der Waals surface area contributed by atoms with Crippen molar-refractivity contribution in [3.63, 3.8) is 0 Å². The highest BCUT2D eigenvalue weighted by atomic mass is 35.5. The summed E-state index contributed by atoms with van der Waals surface area (Å²) in [5.41, 5.74) is 1.08. The van der Waals surface area contributed by atoms with Crippen molar-refractivity contribution in [2.45, 2.75) is 15.1 Å². The van der Waals surface area contributed by atoms with E-state index in [1.807, 2.05) is 0 Å². The zero-order valence-corrected chi connectivity index (χ0v) is 19.3. The van der Waals surface area contributed by atoms with E-state index < -0.39 is 19.7 Å². The van der Waals surface area contributed by atoms with E-state index in [0.717, 1.165) is 22.7 Å². The molecule has 29 heavy (non-hydrogen) atoms. The Labute approximate surface area is 185 Å². The fourth-order valence-corrected chi connectivity index (χ4v) is 8.69. The van der Waals surface area contributed by atoms with Crippen LogP contribution in [-0.2, 0) is 19.7 Å². The number of nitrogens with zero attached hydrogens (tertiary/aromatic N) is 2. The monoisotopic (exact) mass is 506 g/mol. The first-order valence-corrected chi connectivity index (χ1v) is 13.9. The normalized spacial score (nSPS) is 12.8. The van der Waals surface area contributed by atoms with Crippen LogP contribution in [0.3, 0.4) is 0 Å². The Kier molecular flexibility index (Phi) is 5.60. The molecule has 4 aromatic rings. The van der Waals surface area contributed by atoms with Crippen LogP contribution >= 0.6 is 45.9 Å². The van der Waals surface area contributed by atoms with Gasteiger partial charge in [-0.2, -0.15) is 0 Å². The van der Waals surface area contributed by atoms with Crippen molar-refractivity contribution in [1.29, 1.82) is 0 Å². The van der Waals surface area contributed by atoms with Crippen LogP contribution in [0, 0.1) is 0 Å². The summed E-state index contributed by atoms with van der Waals surface area (Å²) in [4.78, 5) is 8.27. The van der Waals surface area contributed by atoms with Gasteiger partial charge in [0.2, 0.25) is 28.4 Å². The van der Waals surface area contributed by atoms with Crippen LogP contribution in [0.2, 0.25) is 10.0 Å². The molecule has 0 radical (unpaired) electrons. The van der Waals surface area contributed by atoms with Gasteiger partial charge in [-0.05, 0) is 42.8 Å². The van der Waals surface area contributed by atoms with Crippen LogP contribution in [0.15, 0.2) is 45.1 Å². The predicted octanol–water partition coefficient (Wildman–Crippen LogP) is 4.85. The number of fused-ring (bicyclic) bond motifs is 2. The van der Waals surface area contributed by atoms with Gasteiger partial charge in [0.15, 0.2) is 0 Å². The zero-order valence-electron chi connectivity index (χ0n) is 14.5. The maximum atomic E-state index is 12.6. The van der Waals surface area contributed by atoms with Crippen molar-refractivity contribution in [2.24, 2.45) is 0 Å². The largest absolute Gasteiger partial charge is 0.225 e. The first kappa shape index (κ1) is 21.0. The molecule has 152 valence electrons. The van der Waals surface area contributed by atoms with Crippen LogP contribution in [0.5, 0.6) is 0 Å². The molecular formula is C17H12Cl2N2O4S4. The first-order valence-electron chi connectivity index (χ1n) is 8.22. The van der Waals surface area contributed by atoms with Crippen LogP contribution in [0.25, 0.3) is 20.4 Å². The van der Waals surface area contributed by atoms with Gasteiger partial charge < -0.3 is 0 Å². The lowest BCUT2D eigenvalue weighted by Gasteiger charge is -2.01. The highest BCUT2D eigenvalue weighted by molar-refractivity contribution is 7.94. The van der Waals surface area contributed by atoms with Gasteiger partial charge in [0.1, 0.15) is 0 Å². The molecule has 2 aromatic carbocycles. The number of sulfone groups is 2. The molecule has 0 N–H and O–H groups in total. The molecule has 6 nitrogen and oxygen atoms in total. The van der Waals surface area contributed by atoms with Crippen molar-refractivity contribution in [1.82, 2.24) is 9.97 Å². The standard InChI is InChI=1S/C17H12Cl2N2O4S4/c18-10-2-4-12-14(8-10)26-16(20-12)28(22,23)6-1-7-29(24,25)17-21-13-5-3-11(19)9-15(13)27-17/h2-5,8-9H,1,6-7H2. The third-order valence-corrected chi connectivity index (χ3v) is 11.0. The van der Waals surface area contributed by atoms with E-state index in [0.29, 0.717) is 30.5 Å². The summed E-state index contributed by atoms with van der Waals surface area (Å²) in [6.45, 7) is 0. The van der Waals surface area contributed by atoms with Gasteiger partial charge in [0.05, 0.1) is 31.9 Å². The highest BCUT2D eigenvalue weighted by Crippen LogP contribution is 2.30. The quantitative estimate of drug-likeness (QED) is 0.370. The number of hydrogen-bond donors (Lipinski definition) is 0. The smallest absolute Gasteiger partial charge is 0.210 e. The zero-order chi connectivity index (χ0) is 20.8. The molecule has 0 saturated carbocycles. The number of thiazole rings is 2. The van der Waals surface area contributed by atoms with Crippen molar-refractivity contribution < 1.29 is 16.8 Å². The van der Waals surface area contributed by atoms with Gasteiger partial charge >= 0.3 is 0 Å². The summed E-state index contributed by atoms with van der Waals surface area (Å²) in [7, 11) is -7.41. The van der Waals surface area contributed by atoms with Crippen LogP contribution in [0.1, 0.15) is 6.42 Å². The van der Waals surface area contributed by atoms with Gasteiger partial charge in [-0.1, -0.05) is 23.2 Å². The summed E-state index contributed by atoms with van der Waals surface area (Å²) in [5, 5.41) is 0.988. The van der Waals surface area contributed by atoms with Crippen LogP contribution in [-0.4, -0.2) is 38.3 Å². The summed E-state index contributed by atoms with van der Waals surface area (Å²) in [6, 6.07) is 9.87. The van der Waals surface area contributed by atoms with E-state index in [-0.39, 0.29) is 26.6 Å². The van der Waals surface area contributed by atoms with E-state index in [1.54, 1.807) is 36.4 Å². The van der Waals surface area contributed by atoms with Gasteiger partial charge in [-0.3, -0.25) is 0 Å². The number of benzene rings is 2. The minimum Gasteiger partial charge on any atom is -0.225 e. The second kappa shape index (κ2) is 7.75. The molecule has 12 heteroatoms. The number of aromatic nitrogens is 2. The molecule has 0 amide bonds. The molecule has 0 aliphatic rings. The lowest BCUT2D eigenvalue weighted by Crippen LogP contribution is -2.13. The van der Waals surface area contributed by atoms with E-state index in [9.17, 15) is 16.8 Å². The maximum Gasteiger partial charge on any atom is 0.210 e. The molecule has 2 heterocycles. The van der Waals surface area contributed by atoms with E-state index in [2.05, 4.69) is 9.97 Å². The molecule has 0 unspecified atom stereocenters. The molecule has 0 atom stereocenters. The maximum absolute atomic E-state index is 12.6. The summed E-state index contributed by atoms with van der Waals surface area (Å²) in [6.07, 6.45) is -0.0575. The lowest BCUT2D eigenvalue weighted by atomic mass is 10.3. The number of hydrogen-bond acceptors (Lipinski definition) is 8. The Balaban J connectivity index is 1.49. The second-order valence-electron chi connectivity index (χ2n) is 6.17. The SMILES string of the molecule is O=S(=O)(CCCS(=O)(=O)c1nc2ccc(Cl)cc2s1)c1nc2ccc(Cl)cc2s1. The first-order chi connectivity index (χ1) is 13.6. The predicted molar refractivity (Wildman–Crippen MR) is 118 cm³/mol. The highest BCUT2D eigenvalue weighted by Gasteiger charge is 2.24. The van der Waals surface area contributed by atoms with Crippen molar-refractivity contribution in [3.8, 4) is 0 Å². The molecule has 0 bridgehead atoms. The van der Waals surface area contributed by atoms with Gasteiger partial charge in [-0.15, -0.1) is 22.7 Å². The average Bonchev–Trinajstić information content (AvgIpc) is 3.25. The number of rotatable bonds is 6. The van der Waals surface area contributed by atoms with Gasteiger partial charge in [0.25, 0.3) is 0 Å². The van der Waals surface area contributed by atoms with E-state index >= 15 is 0 Å². The van der Waals surface area contributed by atoms with Crippen molar-refractivity contribution >= 4 is 86.0 Å². The molecule has 0 fully saturated rings. The third kappa shape index (κ3) is 4.42. The number of halogens is 2. The molecular weight excluding hydrogens is 495 g/mol. The third-order valence-electron chi connectivity index (χ3n) is 4.02. The Morgan fingerprint density at radius 3 is 1.55 bits per heavy atom. The minimum atomic E-state index is -3.70. The molecule has 4 rings (SSSR count). The van der Waals surface area contributed by atoms with E-state index in [1.165, 1.54) is 0 Å². The average molecular weight is 507 g/mol. The minimum absolute atomic E-state index is 0.0400. The fraction of sp³-hybridized carbons (Fsp3) is 0.176. The van der Waals surface area contributed by atoms with Gasteiger partial charge in [0, 0.05) is 10.0 Å². The van der Waals surface area contributed by atoms with Gasteiger partial charge in [-0.25, -0.2) is 26.8 Å².